The van der Waals surface area contributed by atoms with E-state index in [1.807, 2.05) is 42.5 Å². The van der Waals surface area contributed by atoms with Crippen molar-refractivity contribution in [3.8, 4) is 11.4 Å². The van der Waals surface area contributed by atoms with Crippen LogP contribution in [0.4, 0.5) is 15.9 Å². The maximum absolute atomic E-state index is 13.4. The van der Waals surface area contributed by atoms with Gasteiger partial charge in [0.25, 0.3) is 5.91 Å². The molecule has 2 amide bonds. The number of hydrogen-bond acceptors (Lipinski definition) is 4. The third-order valence-corrected chi connectivity index (χ3v) is 4.71. The van der Waals surface area contributed by atoms with E-state index in [1.165, 1.54) is 18.2 Å². The average Bonchev–Trinajstić information content (AvgIpc) is 3.14. The van der Waals surface area contributed by atoms with Gasteiger partial charge in [0.2, 0.25) is 5.91 Å². The Hall–Kier alpha value is -4.20. The number of nitrogens with zero attached hydrogens (tertiary/aromatic N) is 1. The molecule has 150 valence electrons. The highest BCUT2D eigenvalue weighted by Gasteiger charge is 2.19. The molecule has 3 aromatic carbocycles. The van der Waals surface area contributed by atoms with Crippen LogP contribution in [0.1, 0.15) is 16.1 Å². The fourth-order valence-corrected chi connectivity index (χ4v) is 3.27. The number of carbonyl (C=O) groups excluding carboxylic acids is 2. The van der Waals surface area contributed by atoms with E-state index in [0.717, 1.165) is 16.3 Å². The number of aromatic amines is 1. The standard InChI is InChI=1S/C22H18FN5O2/c23-16-9-8-14(10-17(16)24)21-27-19(20(25)30)22(28-21)26-18(29)11-13-6-3-5-12-4-1-2-7-15(12)13/h1-10H,11,24H2,(H2,25,30)(H,26,29)(H,27,28). The smallest absolute Gasteiger partial charge is 0.269 e. The number of anilines is 2. The number of rotatable bonds is 5. The minimum absolute atomic E-state index is 0.00522. The first kappa shape index (κ1) is 19.1. The predicted molar refractivity (Wildman–Crippen MR) is 113 cm³/mol. The summed E-state index contributed by atoms with van der Waals surface area (Å²) in [4.78, 5) is 31.5. The summed E-state index contributed by atoms with van der Waals surface area (Å²) in [5.74, 6) is -1.47. The van der Waals surface area contributed by atoms with Gasteiger partial charge in [-0.05, 0) is 34.5 Å². The molecule has 0 aliphatic heterocycles. The minimum atomic E-state index is -0.788. The van der Waals surface area contributed by atoms with E-state index < -0.39 is 11.7 Å². The van der Waals surface area contributed by atoms with Gasteiger partial charge in [0.1, 0.15) is 17.3 Å². The van der Waals surface area contributed by atoms with Crippen molar-refractivity contribution in [3.05, 3.63) is 77.7 Å². The number of carbonyl (C=O) groups is 2. The van der Waals surface area contributed by atoms with Crippen molar-refractivity contribution in [2.24, 2.45) is 5.73 Å². The Balaban J connectivity index is 1.62. The van der Waals surface area contributed by atoms with Crippen LogP contribution >= 0.6 is 0 Å². The molecule has 0 aliphatic rings. The summed E-state index contributed by atoms with van der Waals surface area (Å²) < 4.78 is 13.4. The number of hydrogen-bond donors (Lipinski definition) is 4. The van der Waals surface area contributed by atoms with Gasteiger partial charge in [0, 0.05) is 5.56 Å². The lowest BCUT2D eigenvalue weighted by molar-refractivity contribution is -0.115. The average molecular weight is 403 g/mol. The largest absolute Gasteiger partial charge is 0.396 e. The molecule has 8 heteroatoms. The molecule has 0 radical (unpaired) electrons. The first-order chi connectivity index (χ1) is 14.4. The number of nitrogen functional groups attached to an aromatic ring is 1. The Morgan fingerprint density at radius 1 is 1.07 bits per heavy atom. The summed E-state index contributed by atoms with van der Waals surface area (Å²) in [6.07, 6.45) is 0.0885. The number of aromatic nitrogens is 2. The lowest BCUT2D eigenvalue weighted by Gasteiger charge is -2.07. The summed E-state index contributed by atoms with van der Waals surface area (Å²) in [7, 11) is 0. The molecule has 1 heterocycles. The molecule has 0 spiro atoms. The molecule has 0 unspecified atom stereocenters. The highest BCUT2D eigenvalue weighted by Crippen LogP contribution is 2.25. The van der Waals surface area contributed by atoms with Gasteiger partial charge < -0.3 is 21.8 Å². The zero-order valence-electron chi connectivity index (χ0n) is 15.8. The van der Waals surface area contributed by atoms with Crippen molar-refractivity contribution >= 4 is 34.1 Å². The molecule has 0 saturated heterocycles. The number of fused-ring (bicyclic) bond motifs is 1. The van der Waals surface area contributed by atoms with E-state index >= 15 is 0 Å². The Morgan fingerprint density at radius 2 is 1.83 bits per heavy atom. The maximum Gasteiger partial charge on any atom is 0.269 e. The molecular weight excluding hydrogens is 385 g/mol. The molecule has 0 atom stereocenters. The van der Waals surface area contributed by atoms with E-state index in [1.54, 1.807) is 0 Å². The fourth-order valence-electron chi connectivity index (χ4n) is 3.27. The van der Waals surface area contributed by atoms with Crippen molar-refractivity contribution in [1.82, 2.24) is 9.97 Å². The van der Waals surface area contributed by atoms with Crippen LogP contribution in [0.5, 0.6) is 0 Å². The second-order valence-electron chi connectivity index (χ2n) is 6.77. The van der Waals surface area contributed by atoms with Crippen molar-refractivity contribution in [1.29, 1.82) is 0 Å². The molecule has 0 aliphatic carbocycles. The number of benzene rings is 3. The third kappa shape index (κ3) is 3.70. The zero-order valence-corrected chi connectivity index (χ0v) is 15.8. The van der Waals surface area contributed by atoms with E-state index in [-0.39, 0.29) is 35.4 Å². The molecule has 6 N–H and O–H groups in total. The van der Waals surface area contributed by atoms with Crippen LogP contribution in [0.15, 0.2) is 60.7 Å². The Bertz CT molecular complexity index is 1280. The normalized spacial score (nSPS) is 10.8. The van der Waals surface area contributed by atoms with Crippen LogP contribution in [0.2, 0.25) is 0 Å². The Morgan fingerprint density at radius 3 is 2.60 bits per heavy atom. The number of imidazole rings is 1. The van der Waals surface area contributed by atoms with Gasteiger partial charge in [-0.3, -0.25) is 9.59 Å². The summed E-state index contributed by atoms with van der Waals surface area (Å²) in [6, 6.07) is 17.5. The molecule has 4 rings (SSSR count). The number of halogens is 1. The second-order valence-corrected chi connectivity index (χ2v) is 6.77. The zero-order chi connectivity index (χ0) is 21.3. The van der Waals surface area contributed by atoms with Gasteiger partial charge in [-0.1, -0.05) is 42.5 Å². The molecule has 0 saturated carbocycles. The predicted octanol–water partition coefficient (Wildman–Crippen LogP) is 3.23. The monoisotopic (exact) mass is 403 g/mol. The van der Waals surface area contributed by atoms with Gasteiger partial charge in [-0.25, -0.2) is 9.37 Å². The lowest BCUT2D eigenvalue weighted by atomic mass is 10.0. The first-order valence-electron chi connectivity index (χ1n) is 9.14. The molecule has 7 nitrogen and oxygen atoms in total. The maximum atomic E-state index is 13.4. The van der Waals surface area contributed by atoms with Crippen molar-refractivity contribution in [2.75, 3.05) is 11.1 Å². The van der Waals surface area contributed by atoms with E-state index in [9.17, 15) is 14.0 Å². The highest BCUT2D eigenvalue weighted by molar-refractivity contribution is 6.02. The molecule has 30 heavy (non-hydrogen) atoms. The summed E-state index contributed by atoms with van der Waals surface area (Å²) in [5, 5.41) is 4.63. The molecule has 1 aromatic heterocycles. The number of nitrogens with one attached hydrogen (secondary N) is 2. The van der Waals surface area contributed by atoms with Crippen molar-refractivity contribution in [2.45, 2.75) is 6.42 Å². The van der Waals surface area contributed by atoms with Crippen LogP contribution < -0.4 is 16.8 Å². The Labute approximate surface area is 170 Å². The number of nitrogens with two attached hydrogens (primary N) is 2. The van der Waals surface area contributed by atoms with Crippen LogP contribution in [0.3, 0.4) is 0 Å². The fraction of sp³-hybridized carbons (Fsp3) is 0.0455. The van der Waals surface area contributed by atoms with Gasteiger partial charge in [-0.15, -0.1) is 0 Å². The van der Waals surface area contributed by atoms with Gasteiger partial charge in [0.05, 0.1) is 12.1 Å². The van der Waals surface area contributed by atoms with Crippen molar-refractivity contribution < 1.29 is 14.0 Å². The molecule has 0 fully saturated rings. The lowest BCUT2D eigenvalue weighted by Crippen LogP contribution is -2.19. The van der Waals surface area contributed by atoms with Crippen LogP contribution in [-0.2, 0) is 11.2 Å². The number of amides is 2. The third-order valence-electron chi connectivity index (χ3n) is 4.71. The highest BCUT2D eigenvalue weighted by atomic mass is 19.1. The SMILES string of the molecule is NC(=O)c1[nH]c(-c2ccc(F)c(N)c2)nc1NC(=O)Cc1cccc2ccccc12. The van der Waals surface area contributed by atoms with Crippen LogP contribution in [0.25, 0.3) is 22.2 Å². The number of primary amides is 1. The van der Waals surface area contributed by atoms with E-state index in [0.29, 0.717) is 5.56 Å². The minimum Gasteiger partial charge on any atom is -0.396 e. The van der Waals surface area contributed by atoms with Gasteiger partial charge in [0.15, 0.2) is 5.82 Å². The molecule has 0 bridgehead atoms. The summed E-state index contributed by atoms with van der Waals surface area (Å²) in [6.45, 7) is 0. The van der Waals surface area contributed by atoms with Crippen molar-refractivity contribution in [3.63, 3.8) is 0 Å². The summed E-state index contributed by atoms with van der Waals surface area (Å²) >= 11 is 0. The van der Waals surface area contributed by atoms with E-state index in [2.05, 4.69) is 15.3 Å². The van der Waals surface area contributed by atoms with Crippen LogP contribution in [0, 0.1) is 5.82 Å². The molecular formula is C22H18FN5O2. The quantitative estimate of drug-likeness (QED) is 0.382. The second kappa shape index (κ2) is 7.67. The van der Waals surface area contributed by atoms with Gasteiger partial charge in [-0.2, -0.15) is 0 Å². The van der Waals surface area contributed by atoms with Gasteiger partial charge >= 0.3 is 0 Å². The topological polar surface area (TPSA) is 127 Å². The molecule has 4 aromatic rings. The number of H-pyrrole nitrogens is 1. The Kier molecular flexibility index (Phi) is 4.89. The summed E-state index contributed by atoms with van der Waals surface area (Å²) in [5.41, 5.74) is 12.2. The van der Waals surface area contributed by atoms with E-state index in [4.69, 9.17) is 11.5 Å². The van der Waals surface area contributed by atoms with Crippen LogP contribution in [-0.4, -0.2) is 21.8 Å². The first-order valence-corrected chi connectivity index (χ1v) is 9.14.